The van der Waals surface area contributed by atoms with Crippen molar-refractivity contribution in [2.45, 2.75) is 16.3 Å². The lowest BCUT2D eigenvalue weighted by Crippen LogP contribution is -2.25. The number of hydrogen-bond donors (Lipinski definition) is 1. The van der Waals surface area contributed by atoms with Crippen LogP contribution in [-0.2, 0) is 0 Å². The first-order valence-electron chi connectivity index (χ1n) is 5.37. The number of nitrogens with zero attached hydrogens (tertiary/aromatic N) is 2. The summed E-state index contributed by atoms with van der Waals surface area (Å²) >= 11 is 1.21. The van der Waals surface area contributed by atoms with Gasteiger partial charge in [0.1, 0.15) is 0 Å². The number of benzene rings is 1. The maximum atomic E-state index is 11.4. The fraction of sp³-hybridized carbons (Fsp3) is 0.273. The van der Waals surface area contributed by atoms with Crippen LogP contribution in [0.5, 0.6) is 5.88 Å². The lowest BCUT2D eigenvalue weighted by atomic mass is 10.4. The van der Waals surface area contributed by atoms with Crippen molar-refractivity contribution >= 4 is 11.8 Å². The molecular weight excluding hydrogens is 256 g/mol. The van der Waals surface area contributed by atoms with Crippen LogP contribution < -0.4 is 9.64 Å². The van der Waals surface area contributed by atoms with E-state index in [0.29, 0.717) is 11.3 Å². The van der Waals surface area contributed by atoms with Crippen molar-refractivity contribution in [2.75, 3.05) is 13.2 Å². The van der Waals surface area contributed by atoms with E-state index >= 15 is 0 Å². The van der Waals surface area contributed by atoms with E-state index in [2.05, 4.69) is 9.79 Å². The van der Waals surface area contributed by atoms with Crippen LogP contribution in [0.25, 0.3) is 0 Å². The Hall–Kier alpha value is -1.73. The van der Waals surface area contributed by atoms with Gasteiger partial charge in [-0.1, -0.05) is 18.2 Å². The second-order valence-corrected chi connectivity index (χ2v) is 4.44. The molecule has 18 heavy (non-hydrogen) atoms. The van der Waals surface area contributed by atoms with E-state index in [4.69, 9.17) is 9.84 Å². The summed E-state index contributed by atoms with van der Waals surface area (Å²) in [4.78, 5) is 1.20. The van der Waals surface area contributed by atoms with Crippen LogP contribution in [0.2, 0.25) is 0 Å². The van der Waals surface area contributed by atoms with Gasteiger partial charge in [0.05, 0.1) is 11.8 Å². The molecule has 0 saturated carbocycles. The molecule has 0 amide bonds. The fourth-order valence-electron chi connectivity index (χ4n) is 1.23. The molecule has 2 rings (SSSR count). The van der Waals surface area contributed by atoms with E-state index < -0.39 is 0 Å². The molecule has 1 aromatic heterocycles. The molecule has 96 valence electrons. The third-order valence-electron chi connectivity index (χ3n) is 2.05. The van der Waals surface area contributed by atoms with Gasteiger partial charge in [0.25, 0.3) is 0 Å². The van der Waals surface area contributed by atoms with Crippen LogP contribution >= 0.6 is 11.8 Å². The van der Waals surface area contributed by atoms with Crippen molar-refractivity contribution in [3.8, 4) is 5.88 Å². The number of ether oxygens (including phenoxy) is 1. The normalized spacial score (nSPS) is 10.5. The largest absolute Gasteiger partial charge is 0.454 e. The van der Waals surface area contributed by atoms with Crippen molar-refractivity contribution < 1.29 is 19.4 Å². The molecule has 6 nitrogen and oxygen atoms in total. The van der Waals surface area contributed by atoms with Gasteiger partial charge in [-0.15, -0.1) is 0 Å². The predicted octanol–water partition coefficient (Wildman–Crippen LogP) is 1.22. The third kappa shape index (κ3) is 3.14. The minimum absolute atomic E-state index is 0.0242. The van der Waals surface area contributed by atoms with E-state index in [1.165, 1.54) is 11.8 Å². The van der Waals surface area contributed by atoms with E-state index in [9.17, 15) is 5.21 Å². The van der Waals surface area contributed by atoms with Gasteiger partial charge in [-0.3, -0.25) is 4.63 Å². The van der Waals surface area contributed by atoms with Gasteiger partial charge in [-0.2, -0.15) is 0 Å². The molecule has 0 aliphatic heterocycles. The Bertz CT molecular complexity index is 489. The van der Waals surface area contributed by atoms with E-state index in [1.807, 2.05) is 30.3 Å². The lowest BCUT2D eigenvalue weighted by Gasteiger charge is -2.00. The smallest absolute Gasteiger partial charge is 0.409 e. The highest BCUT2D eigenvalue weighted by molar-refractivity contribution is 7.99. The van der Waals surface area contributed by atoms with Crippen LogP contribution in [0.4, 0.5) is 0 Å². The van der Waals surface area contributed by atoms with Crippen LogP contribution in [-0.4, -0.2) is 23.5 Å². The summed E-state index contributed by atoms with van der Waals surface area (Å²) in [5.74, 6) is 0.146. The monoisotopic (exact) mass is 268 g/mol. The molecule has 0 spiro atoms. The van der Waals surface area contributed by atoms with Crippen LogP contribution in [0.3, 0.4) is 0 Å². The Labute approximate surface area is 108 Å². The maximum Gasteiger partial charge on any atom is 0.409 e. The Morgan fingerprint density at radius 1 is 1.39 bits per heavy atom. The predicted molar refractivity (Wildman–Crippen MR) is 63.2 cm³/mol. The number of aliphatic hydroxyl groups excluding tert-OH is 1. The Balaban J connectivity index is 2.09. The van der Waals surface area contributed by atoms with E-state index in [-0.39, 0.29) is 24.1 Å². The summed E-state index contributed by atoms with van der Waals surface area (Å²) in [6, 6.07) is 9.38. The lowest BCUT2D eigenvalue weighted by molar-refractivity contribution is -0.831. The molecule has 0 radical (unpaired) electrons. The molecule has 0 bridgehead atoms. The molecule has 1 N–H and O–H groups in total. The molecule has 0 aliphatic carbocycles. The summed E-state index contributed by atoms with van der Waals surface area (Å²) in [7, 11) is 0. The second kappa shape index (κ2) is 6.27. The minimum atomic E-state index is 0.0242. The zero-order valence-electron chi connectivity index (χ0n) is 9.48. The molecule has 0 unspecified atom stereocenters. The zero-order valence-corrected chi connectivity index (χ0v) is 10.3. The van der Waals surface area contributed by atoms with Gasteiger partial charge in [-0.05, 0) is 28.8 Å². The van der Waals surface area contributed by atoms with Crippen molar-refractivity contribution in [1.29, 1.82) is 0 Å². The Kier molecular flexibility index (Phi) is 4.43. The average Bonchev–Trinajstić information content (AvgIpc) is 2.73. The average molecular weight is 268 g/mol. The van der Waals surface area contributed by atoms with Crippen molar-refractivity contribution in [2.24, 2.45) is 0 Å². The van der Waals surface area contributed by atoms with Gasteiger partial charge in [-0.25, -0.2) is 0 Å². The van der Waals surface area contributed by atoms with Gasteiger partial charge in [0.15, 0.2) is 0 Å². The van der Waals surface area contributed by atoms with Crippen LogP contribution in [0.15, 0.2) is 44.9 Å². The Morgan fingerprint density at radius 3 is 2.89 bits per heavy atom. The quantitative estimate of drug-likeness (QED) is 0.626. The number of hydrogen-bond acceptors (Lipinski definition) is 6. The van der Waals surface area contributed by atoms with Gasteiger partial charge >= 0.3 is 10.9 Å². The highest BCUT2D eigenvalue weighted by atomic mass is 32.2. The summed E-state index contributed by atoms with van der Waals surface area (Å²) in [5.41, 5.74) is 0. The van der Waals surface area contributed by atoms with Crippen molar-refractivity contribution in [1.82, 2.24) is 5.16 Å². The van der Waals surface area contributed by atoms with E-state index in [0.717, 1.165) is 4.90 Å². The fourth-order valence-corrected chi connectivity index (χ4v) is 2.04. The van der Waals surface area contributed by atoms with Crippen molar-refractivity contribution in [3.63, 3.8) is 0 Å². The molecule has 0 saturated heterocycles. The van der Waals surface area contributed by atoms with Crippen LogP contribution in [0, 0.1) is 5.21 Å². The van der Waals surface area contributed by atoms with Crippen LogP contribution in [0.1, 0.15) is 6.42 Å². The summed E-state index contributed by atoms with van der Waals surface area (Å²) in [6.07, 6.45) is 0.473. The van der Waals surface area contributed by atoms with Gasteiger partial charge in [0, 0.05) is 17.9 Å². The highest BCUT2D eigenvalue weighted by Gasteiger charge is 2.22. The zero-order chi connectivity index (χ0) is 12.8. The number of aromatic nitrogens is 2. The molecule has 1 heterocycles. The van der Waals surface area contributed by atoms with Crippen molar-refractivity contribution in [3.05, 3.63) is 35.5 Å². The molecule has 1 aromatic carbocycles. The van der Waals surface area contributed by atoms with Gasteiger partial charge < -0.3 is 15.1 Å². The topological polar surface area (TPSA) is 82.4 Å². The first kappa shape index (κ1) is 12.7. The number of rotatable bonds is 6. The molecule has 0 aliphatic rings. The second-order valence-electron chi connectivity index (χ2n) is 3.38. The molecule has 7 heteroatoms. The van der Waals surface area contributed by atoms with E-state index in [1.54, 1.807) is 0 Å². The highest BCUT2D eigenvalue weighted by Crippen LogP contribution is 2.30. The van der Waals surface area contributed by atoms with Gasteiger partial charge in [0.2, 0.25) is 0 Å². The summed E-state index contributed by atoms with van der Waals surface area (Å²) in [6.45, 7) is 0.307. The molecule has 0 fully saturated rings. The summed E-state index contributed by atoms with van der Waals surface area (Å²) in [5, 5.41) is 23.9. The third-order valence-corrected chi connectivity index (χ3v) is 3.07. The summed E-state index contributed by atoms with van der Waals surface area (Å²) < 4.78 is 9.77. The molecule has 0 atom stereocenters. The first-order chi connectivity index (χ1) is 8.81. The molecular formula is C11H12N2O4S. The molecule has 2 aromatic rings. The first-order valence-corrected chi connectivity index (χ1v) is 6.19. The maximum absolute atomic E-state index is 11.4. The minimum Gasteiger partial charge on any atom is -0.454 e. The Morgan fingerprint density at radius 2 is 2.17 bits per heavy atom. The SMILES string of the molecule is [O-][n+]1onc(OCCCO)c1Sc1ccccc1. The number of aliphatic hydroxyl groups is 1. The standard InChI is InChI=1S/C11H12N2O4S/c14-7-4-8-16-10-11(13(15)17-12-10)18-9-5-2-1-3-6-9/h1-3,5-6,14H,4,7-8H2.